The molecular formula is C55H38N4. The Morgan fingerprint density at radius 2 is 0.678 bits per heavy atom. The highest BCUT2D eigenvalue weighted by Crippen LogP contribution is 2.62. The molecule has 0 saturated carbocycles. The van der Waals surface area contributed by atoms with Crippen molar-refractivity contribution in [3.05, 3.63) is 253 Å². The Morgan fingerprint density at radius 3 is 1.05 bits per heavy atom. The van der Waals surface area contributed by atoms with Crippen molar-refractivity contribution < 1.29 is 0 Å². The van der Waals surface area contributed by atoms with Crippen LogP contribution in [0.4, 0.5) is 0 Å². The summed E-state index contributed by atoms with van der Waals surface area (Å²) in [7, 11) is 0. The normalized spacial score (nSPS) is 12.5. The lowest BCUT2D eigenvalue weighted by molar-refractivity contribution is 0.762. The predicted octanol–water partition coefficient (Wildman–Crippen LogP) is 13.1. The molecule has 1 aliphatic carbocycles. The van der Waals surface area contributed by atoms with E-state index in [1.54, 1.807) is 0 Å². The average Bonchev–Trinajstić information content (AvgIpc) is 4.12. The monoisotopic (exact) mass is 754 g/mol. The van der Waals surface area contributed by atoms with Crippen molar-refractivity contribution in [2.75, 3.05) is 0 Å². The second-order valence-corrected chi connectivity index (χ2v) is 15.1. The van der Waals surface area contributed by atoms with Gasteiger partial charge in [-0.05, 0) is 139 Å². The van der Waals surface area contributed by atoms with E-state index in [0.717, 1.165) is 33.6 Å². The fourth-order valence-corrected chi connectivity index (χ4v) is 9.28. The Kier molecular flexibility index (Phi) is 8.34. The molecule has 0 aliphatic heterocycles. The van der Waals surface area contributed by atoms with E-state index < -0.39 is 5.41 Å². The van der Waals surface area contributed by atoms with Gasteiger partial charge in [0.1, 0.15) is 0 Å². The summed E-state index contributed by atoms with van der Waals surface area (Å²) in [5.74, 6) is 0. The van der Waals surface area contributed by atoms with E-state index in [-0.39, 0.29) is 0 Å². The van der Waals surface area contributed by atoms with Gasteiger partial charge in [0, 0.05) is 24.8 Å². The molecule has 0 spiro atoms. The molecule has 8 aromatic carbocycles. The first-order chi connectivity index (χ1) is 29.3. The highest BCUT2D eigenvalue weighted by Gasteiger charge is 2.50. The van der Waals surface area contributed by atoms with E-state index in [0.29, 0.717) is 0 Å². The van der Waals surface area contributed by atoms with Crippen molar-refractivity contribution in [2.24, 2.45) is 0 Å². The third-order valence-electron chi connectivity index (χ3n) is 11.8. The molecule has 0 bridgehead atoms. The van der Waals surface area contributed by atoms with Crippen LogP contribution in [-0.2, 0) is 5.41 Å². The molecule has 0 saturated heterocycles. The van der Waals surface area contributed by atoms with Crippen LogP contribution in [0.2, 0.25) is 0 Å². The van der Waals surface area contributed by atoms with Crippen LogP contribution in [0.5, 0.6) is 0 Å². The van der Waals surface area contributed by atoms with Crippen LogP contribution in [0.15, 0.2) is 231 Å². The zero-order valence-electron chi connectivity index (χ0n) is 32.2. The van der Waals surface area contributed by atoms with Gasteiger partial charge in [-0.1, -0.05) is 146 Å². The first-order valence-electron chi connectivity index (χ1n) is 20.1. The van der Waals surface area contributed by atoms with Crippen molar-refractivity contribution in [2.45, 2.75) is 5.41 Å². The lowest BCUT2D eigenvalue weighted by atomic mass is 9.64. The van der Waals surface area contributed by atoms with Crippen molar-refractivity contribution >= 4 is 0 Å². The molecule has 0 N–H and O–H groups in total. The molecular weight excluding hydrogens is 717 g/mol. The average molecular weight is 755 g/mol. The van der Waals surface area contributed by atoms with Gasteiger partial charge in [-0.2, -0.15) is 10.2 Å². The minimum atomic E-state index is -0.808. The highest BCUT2D eigenvalue weighted by molar-refractivity contribution is 6.01. The zero-order valence-corrected chi connectivity index (χ0v) is 32.2. The summed E-state index contributed by atoms with van der Waals surface area (Å²) < 4.78 is 3.92. The Morgan fingerprint density at radius 1 is 0.305 bits per heavy atom. The molecule has 278 valence electrons. The molecule has 1 aliphatic rings. The summed E-state index contributed by atoms with van der Waals surface area (Å²) in [4.78, 5) is 0. The lowest BCUT2D eigenvalue weighted by Crippen LogP contribution is -2.30. The van der Waals surface area contributed by atoms with Gasteiger partial charge in [-0.25, -0.2) is 9.36 Å². The van der Waals surface area contributed by atoms with Crippen LogP contribution < -0.4 is 0 Å². The molecule has 0 fully saturated rings. The number of fused-ring (bicyclic) bond motifs is 3. The Labute approximate surface area is 344 Å². The Bertz CT molecular complexity index is 2850. The quantitative estimate of drug-likeness (QED) is 0.155. The molecule has 11 rings (SSSR count). The molecule has 59 heavy (non-hydrogen) atoms. The number of hydrogen-bond acceptors (Lipinski definition) is 2. The second kappa shape index (κ2) is 14.3. The summed E-state index contributed by atoms with van der Waals surface area (Å²) in [5, 5.41) is 9.42. The molecule has 4 heteroatoms. The van der Waals surface area contributed by atoms with E-state index in [2.05, 4.69) is 194 Å². The van der Waals surface area contributed by atoms with Crippen LogP contribution in [-0.4, -0.2) is 19.6 Å². The minimum Gasteiger partial charge on any atom is -0.241 e. The van der Waals surface area contributed by atoms with Gasteiger partial charge in [0.25, 0.3) is 0 Å². The third kappa shape index (κ3) is 5.76. The maximum absolute atomic E-state index is 4.71. The van der Waals surface area contributed by atoms with Crippen LogP contribution in [0.25, 0.3) is 67.0 Å². The Balaban J connectivity index is 1.37. The lowest BCUT2D eigenvalue weighted by Gasteiger charge is -2.37. The standard InChI is InChI=1S/C55H38N4/c1-5-17-39(18-6-1)43-33-49(41-21-9-3-10-22-41)53-51(35-43)52-36-44(40-19-7-2-8-20-40)34-50(42-23-11-4-12-24-42)54(52)55(53,45-25-13-27-47(37-45)58-31-15-29-56-58)46-26-14-28-48(38-46)59-32-16-30-57-59/h1-38H. The number of benzene rings is 8. The van der Waals surface area contributed by atoms with Gasteiger partial charge in [0.15, 0.2) is 0 Å². The number of rotatable bonds is 8. The molecule has 0 radical (unpaired) electrons. The zero-order chi connectivity index (χ0) is 39.2. The number of nitrogens with zero attached hydrogens (tertiary/aromatic N) is 4. The molecule has 0 unspecified atom stereocenters. The topological polar surface area (TPSA) is 35.6 Å². The summed E-state index contributed by atoms with van der Waals surface area (Å²) in [6.07, 6.45) is 7.72. The maximum atomic E-state index is 4.71. The van der Waals surface area contributed by atoms with E-state index in [4.69, 9.17) is 10.2 Å². The van der Waals surface area contributed by atoms with Gasteiger partial charge >= 0.3 is 0 Å². The minimum absolute atomic E-state index is 0.808. The fourth-order valence-electron chi connectivity index (χ4n) is 9.28. The predicted molar refractivity (Wildman–Crippen MR) is 240 cm³/mol. The summed E-state index contributed by atoms with van der Waals surface area (Å²) in [6.45, 7) is 0. The molecule has 0 atom stereocenters. The smallest absolute Gasteiger partial charge is 0.0727 e. The number of hydrogen-bond donors (Lipinski definition) is 0. The fraction of sp³-hybridized carbons (Fsp3) is 0.0182. The third-order valence-corrected chi connectivity index (χ3v) is 11.8. The van der Waals surface area contributed by atoms with Crippen molar-refractivity contribution in [3.63, 3.8) is 0 Å². The number of aromatic nitrogens is 4. The summed E-state index contributed by atoms with van der Waals surface area (Å²) >= 11 is 0. The van der Waals surface area contributed by atoms with Gasteiger partial charge < -0.3 is 0 Å². The molecule has 10 aromatic rings. The Hall–Kier alpha value is -7.82. The summed E-state index contributed by atoms with van der Waals surface area (Å²) in [5.41, 5.74) is 17.8. The molecule has 4 nitrogen and oxygen atoms in total. The van der Waals surface area contributed by atoms with Crippen LogP contribution >= 0.6 is 0 Å². The van der Waals surface area contributed by atoms with E-state index >= 15 is 0 Å². The molecule has 2 heterocycles. The largest absolute Gasteiger partial charge is 0.241 e. The van der Waals surface area contributed by atoms with Gasteiger partial charge in [0.2, 0.25) is 0 Å². The molecule has 2 aromatic heterocycles. The van der Waals surface area contributed by atoms with E-state index in [1.807, 2.05) is 46.3 Å². The van der Waals surface area contributed by atoms with Gasteiger partial charge in [0.05, 0.1) is 16.8 Å². The first kappa shape index (κ1) is 34.4. The van der Waals surface area contributed by atoms with Crippen molar-refractivity contribution in [3.8, 4) is 67.0 Å². The van der Waals surface area contributed by atoms with Crippen molar-refractivity contribution in [1.82, 2.24) is 19.6 Å². The van der Waals surface area contributed by atoms with E-state index in [9.17, 15) is 0 Å². The van der Waals surface area contributed by atoms with Crippen molar-refractivity contribution in [1.29, 1.82) is 0 Å². The second-order valence-electron chi connectivity index (χ2n) is 15.1. The van der Waals surface area contributed by atoms with E-state index in [1.165, 1.54) is 55.6 Å². The molecule has 0 amide bonds. The SMILES string of the molecule is c1ccc(-c2cc(-c3ccccc3)c3c(c2)-c2cc(-c4ccccc4)cc(-c4ccccc4)c2C3(c2cccc(-n3cccn3)c2)c2cccc(-n3cccn3)c2)cc1. The van der Waals surface area contributed by atoms with Crippen LogP contribution in [0, 0.1) is 0 Å². The highest BCUT2D eigenvalue weighted by atomic mass is 15.3. The first-order valence-corrected chi connectivity index (χ1v) is 20.1. The summed E-state index contributed by atoms with van der Waals surface area (Å²) in [6, 6.07) is 75.1. The van der Waals surface area contributed by atoms with Gasteiger partial charge in [-0.15, -0.1) is 0 Å². The van der Waals surface area contributed by atoms with Crippen LogP contribution in [0.3, 0.4) is 0 Å². The maximum Gasteiger partial charge on any atom is 0.0727 e. The van der Waals surface area contributed by atoms with Gasteiger partial charge in [-0.3, -0.25) is 0 Å². The van der Waals surface area contributed by atoms with Crippen LogP contribution in [0.1, 0.15) is 22.3 Å².